The second kappa shape index (κ2) is 9.96. The number of halogens is 1. The third kappa shape index (κ3) is 5.32. The molecule has 0 amide bonds. The van der Waals surface area contributed by atoms with Crippen LogP contribution in [0.1, 0.15) is 30.0 Å². The van der Waals surface area contributed by atoms with Crippen molar-refractivity contribution < 1.29 is 32.9 Å². The summed E-state index contributed by atoms with van der Waals surface area (Å²) in [6, 6.07) is 7.68. The third-order valence-corrected chi connectivity index (χ3v) is 5.05. The number of carbonyl (C=O) groups is 1. The van der Waals surface area contributed by atoms with E-state index in [4.69, 9.17) is 23.7 Å². The number of fused-ring (bicyclic) bond motifs is 1. The summed E-state index contributed by atoms with van der Waals surface area (Å²) in [4.78, 5) is 24.0. The van der Waals surface area contributed by atoms with Gasteiger partial charge in [-0.25, -0.2) is 14.2 Å². The summed E-state index contributed by atoms with van der Waals surface area (Å²) in [5, 5.41) is 8.90. The molecule has 0 radical (unpaired) electrons. The molecule has 0 unspecified atom stereocenters. The number of aryl methyl sites for hydroxylation is 3. The van der Waals surface area contributed by atoms with Gasteiger partial charge in [-0.3, -0.25) is 0 Å². The predicted molar refractivity (Wildman–Crippen MR) is 125 cm³/mol. The van der Waals surface area contributed by atoms with Crippen molar-refractivity contribution in [2.45, 2.75) is 34.1 Å². The normalized spacial score (nSPS) is 11.0. The Kier molecular flexibility index (Phi) is 6.81. The molecule has 9 nitrogen and oxygen atoms in total. The second-order valence-corrected chi connectivity index (χ2v) is 7.97. The Morgan fingerprint density at radius 1 is 1.03 bits per heavy atom. The van der Waals surface area contributed by atoms with Gasteiger partial charge in [0, 0.05) is 11.6 Å². The quantitative estimate of drug-likeness (QED) is 0.335. The monoisotopic (exact) mass is 481 g/mol. The number of aliphatic carboxylic acids is 1. The molecule has 35 heavy (non-hydrogen) atoms. The lowest BCUT2D eigenvalue weighted by molar-refractivity contribution is -0.139. The van der Waals surface area contributed by atoms with E-state index in [1.54, 1.807) is 39.0 Å². The van der Waals surface area contributed by atoms with Crippen molar-refractivity contribution in [2.75, 3.05) is 13.2 Å². The number of aromatic nitrogens is 3. The van der Waals surface area contributed by atoms with E-state index in [9.17, 15) is 9.18 Å². The molecule has 4 aromatic rings. The highest BCUT2D eigenvalue weighted by atomic mass is 19.1. The van der Waals surface area contributed by atoms with E-state index < -0.39 is 18.4 Å². The van der Waals surface area contributed by atoms with E-state index in [0.717, 1.165) is 17.5 Å². The van der Waals surface area contributed by atoms with Gasteiger partial charge in [0.1, 0.15) is 17.3 Å². The lowest BCUT2D eigenvalue weighted by atomic mass is 10.1. The number of nitrogens with zero attached hydrogens (tertiary/aromatic N) is 3. The number of rotatable bonds is 9. The second-order valence-electron chi connectivity index (χ2n) is 7.97. The average molecular weight is 481 g/mol. The van der Waals surface area contributed by atoms with Crippen LogP contribution in [0.4, 0.5) is 4.39 Å². The van der Waals surface area contributed by atoms with Crippen LogP contribution >= 0.6 is 0 Å². The summed E-state index contributed by atoms with van der Waals surface area (Å²) in [5.74, 6) is -0.292. The first-order valence-electron chi connectivity index (χ1n) is 11.0. The maximum Gasteiger partial charge on any atom is 0.341 e. The lowest BCUT2D eigenvalue weighted by Crippen LogP contribution is -2.10. The van der Waals surface area contributed by atoms with Crippen LogP contribution in [-0.4, -0.2) is 39.2 Å². The lowest BCUT2D eigenvalue weighted by Gasteiger charge is -2.11. The van der Waals surface area contributed by atoms with Gasteiger partial charge in [0.2, 0.25) is 5.89 Å². The van der Waals surface area contributed by atoms with Crippen LogP contribution in [0.25, 0.3) is 22.7 Å². The maximum absolute atomic E-state index is 13.7. The van der Waals surface area contributed by atoms with Gasteiger partial charge < -0.3 is 23.7 Å². The molecule has 10 heteroatoms. The van der Waals surface area contributed by atoms with Crippen molar-refractivity contribution in [2.24, 2.45) is 0 Å². The Balaban J connectivity index is 1.74. The molecule has 0 spiro atoms. The molecule has 182 valence electrons. The van der Waals surface area contributed by atoms with E-state index in [0.29, 0.717) is 29.0 Å². The minimum Gasteiger partial charge on any atom is -0.481 e. The Labute approximate surface area is 200 Å². The zero-order chi connectivity index (χ0) is 25.1. The van der Waals surface area contributed by atoms with Gasteiger partial charge in [0.25, 0.3) is 11.6 Å². The Morgan fingerprint density at radius 3 is 2.46 bits per heavy atom. The number of carboxylic acid groups (broad SMARTS) is 1. The first-order chi connectivity index (χ1) is 16.7. The molecule has 2 heterocycles. The van der Waals surface area contributed by atoms with Crippen molar-refractivity contribution in [3.63, 3.8) is 0 Å². The van der Waals surface area contributed by atoms with Crippen LogP contribution in [0.15, 0.2) is 34.7 Å². The number of benzene rings is 2. The van der Waals surface area contributed by atoms with Gasteiger partial charge in [-0.05, 0) is 62.1 Å². The number of hydrogen-bond donors (Lipinski definition) is 1. The van der Waals surface area contributed by atoms with Crippen molar-refractivity contribution in [3.8, 4) is 34.8 Å². The molecule has 0 atom stereocenters. The zero-order valence-corrected chi connectivity index (χ0v) is 19.7. The first kappa shape index (κ1) is 23.9. The van der Waals surface area contributed by atoms with E-state index >= 15 is 0 Å². The molecule has 0 aliphatic rings. The van der Waals surface area contributed by atoms with Crippen molar-refractivity contribution in [3.05, 3.63) is 52.8 Å². The molecule has 0 aliphatic heterocycles. The topological polar surface area (TPSA) is 117 Å². The van der Waals surface area contributed by atoms with Gasteiger partial charge in [0.15, 0.2) is 12.1 Å². The van der Waals surface area contributed by atoms with E-state index in [1.165, 1.54) is 12.1 Å². The van der Waals surface area contributed by atoms with Crippen molar-refractivity contribution >= 4 is 17.2 Å². The van der Waals surface area contributed by atoms with Gasteiger partial charge in [-0.1, -0.05) is 13.0 Å². The van der Waals surface area contributed by atoms with Crippen LogP contribution in [0.2, 0.25) is 0 Å². The Bertz CT molecular complexity index is 1380. The molecule has 2 aromatic heterocycles. The summed E-state index contributed by atoms with van der Waals surface area (Å²) in [7, 11) is 0. The fourth-order valence-corrected chi connectivity index (χ4v) is 3.46. The molecule has 4 rings (SSSR count). The van der Waals surface area contributed by atoms with Crippen molar-refractivity contribution in [1.29, 1.82) is 0 Å². The highest BCUT2D eigenvalue weighted by molar-refractivity contribution is 5.78. The molecule has 2 aromatic carbocycles. The fraction of sp³-hybridized carbons (Fsp3) is 0.280. The minimum absolute atomic E-state index is 0.0650. The standard InChI is InChI=1S/C25H24FN3O6/c1-5-8-32-23-20-24(29-25(28-23)34-18-11-17(26)7-6-13(18)2)35-22(27-20)16-9-14(3)21(15(4)10-16)33-12-19(30)31/h6-7,9-11H,5,8,12H2,1-4H3,(H,30,31). The van der Waals surface area contributed by atoms with Gasteiger partial charge in [-0.2, -0.15) is 9.97 Å². The van der Waals surface area contributed by atoms with Crippen molar-refractivity contribution in [1.82, 2.24) is 15.0 Å². The predicted octanol–water partition coefficient (Wildman–Crippen LogP) is 5.39. The Hall–Kier alpha value is -4.21. The highest BCUT2D eigenvalue weighted by Gasteiger charge is 2.20. The summed E-state index contributed by atoms with van der Waals surface area (Å²) in [6.07, 6.45) is 0.742. The van der Waals surface area contributed by atoms with Gasteiger partial charge in [0.05, 0.1) is 6.61 Å². The fourth-order valence-electron chi connectivity index (χ4n) is 3.46. The molecular weight excluding hydrogens is 457 g/mol. The number of hydrogen-bond acceptors (Lipinski definition) is 8. The molecule has 0 saturated carbocycles. The van der Waals surface area contributed by atoms with Crippen LogP contribution in [0, 0.1) is 26.6 Å². The molecule has 0 bridgehead atoms. The SMILES string of the molecule is CCCOc1nc(Oc2cc(F)ccc2C)nc2oc(-c3cc(C)c(OCC(=O)O)c(C)c3)nc12. The smallest absolute Gasteiger partial charge is 0.341 e. The van der Waals surface area contributed by atoms with E-state index in [1.807, 2.05) is 6.92 Å². The van der Waals surface area contributed by atoms with Crippen LogP contribution in [-0.2, 0) is 4.79 Å². The number of oxazole rings is 1. The van der Waals surface area contributed by atoms with Crippen LogP contribution in [0.5, 0.6) is 23.4 Å². The minimum atomic E-state index is -1.06. The largest absolute Gasteiger partial charge is 0.481 e. The van der Waals surface area contributed by atoms with E-state index in [2.05, 4.69) is 15.0 Å². The molecule has 0 aliphatic carbocycles. The zero-order valence-electron chi connectivity index (χ0n) is 19.7. The van der Waals surface area contributed by atoms with E-state index in [-0.39, 0.29) is 29.2 Å². The third-order valence-electron chi connectivity index (χ3n) is 5.05. The average Bonchev–Trinajstić information content (AvgIpc) is 3.23. The Morgan fingerprint density at radius 2 is 1.77 bits per heavy atom. The summed E-state index contributed by atoms with van der Waals surface area (Å²) in [5.41, 5.74) is 3.27. The molecule has 0 saturated heterocycles. The highest BCUT2D eigenvalue weighted by Crippen LogP contribution is 2.34. The first-order valence-corrected chi connectivity index (χ1v) is 11.0. The van der Waals surface area contributed by atoms with Crippen LogP contribution < -0.4 is 14.2 Å². The van der Waals surface area contributed by atoms with Gasteiger partial charge >= 0.3 is 12.0 Å². The molecule has 0 fully saturated rings. The van der Waals surface area contributed by atoms with Crippen LogP contribution in [0.3, 0.4) is 0 Å². The maximum atomic E-state index is 13.7. The molecule has 1 N–H and O–H groups in total. The summed E-state index contributed by atoms with van der Waals surface area (Å²) in [6.45, 7) is 7.30. The summed E-state index contributed by atoms with van der Waals surface area (Å²) < 4.78 is 36.5. The number of ether oxygens (including phenoxy) is 3. The molecular formula is C25H24FN3O6. The van der Waals surface area contributed by atoms with Gasteiger partial charge in [-0.15, -0.1) is 0 Å². The number of carboxylic acids is 1. The summed E-state index contributed by atoms with van der Waals surface area (Å²) >= 11 is 0.